The minimum absolute atomic E-state index is 0.0483. The standard InChI is InChI=1S/C17H18N2O2S/c1-21-15-8-4-3-7-14(15)19-17(20)18-13-10-11-22-16-9-5-2-6-12(13)16/h2-9,13H,10-11H2,1H3,(H2,18,19,20)/t13-/m1/s1. The third-order valence-electron chi connectivity index (χ3n) is 3.62. The van der Waals surface area contributed by atoms with Crippen LogP contribution in [0.1, 0.15) is 18.0 Å². The molecule has 5 heteroatoms. The fourth-order valence-electron chi connectivity index (χ4n) is 2.56. The Bertz CT molecular complexity index is 675. The van der Waals surface area contributed by atoms with Crippen molar-refractivity contribution in [1.29, 1.82) is 0 Å². The Labute approximate surface area is 134 Å². The van der Waals surface area contributed by atoms with Crippen LogP contribution in [0.2, 0.25) is 0 Å². The van der Waals surface area contributed by atoms with Crippen molar-refractivity contribution in [3.05, 3.63) is 54.1 Å². The third-order valence-corrected chi connectivity index (χ3v) is 4.74. The number of amides is 2. The summed E-state index contributed by atoms with van der Waals surface area (Å²) >= 11 is 1.84. The molecular weight excluding hydrogens is 296 g/mol. The van der Waals surface area contributed by atoms with Crippen molar-refractivity contribution >= 4 is 23.5 Å². The van der Waals surface area contributed by atoms with Gasteiger partial charge in [0.1, 0.15) is 5.75 Å². The molecule has 0 aromatic heterocycles. The van der Waals surface area contributed by atoms with Crippen molar-refractivity contribution in [2.24, 2.45) is 0 Å². The number of hydrogen-bond acceptors (Lipinski definition) is 3. The Morgan fingerprint density at radius 1 is 1.18 bits per heavy atom. The Balaban J connectivity index is 1.70. The van der Waals surface area contributed by atoms with E-state index in [1.165, 1.54) is 10.5 Å². The van der Waals surface area contributed by atoms with Gasteiger partial charge < -0.3 is 15.4 Å². The molecule has 22 heavy (non-hydrogen) atoms. The molecule has 1 aliphatic heterocycles. The lowest BCUT2D eigenvalue weighted by Gasteiger charge is -2.26. The second kappa shape index (κ2) is 6.75. The zero-order chi connectivity index (χ0) is 15.4. The number of methoxy groups -OCH3 is 1. The Kier molecular flexibility index (Phi) is 4.53. The Morgan fingerprint density at radius 3 is 2.82 bits per heavy atom. The van der Waals surface area contributed by atoms with Crippen LogP contribution in [0.3, 0.4) is 0 Å². The number of urea groups is 1. The van der Waals surface area contributed by atoms with E-state index in [1.54, 1.807) is 7.11 Å². The number of nitrogens with one attached hydrogen (secondary N) is 2. The molecule has 2 amide bonds. The Morgan fingerprint density at radius 2 is 1.95 bits per heavy atom. The van der Waals surface area contributed by atoms with Gasteiger partial charge in [0.25, 0.3) is 0 Å². The van der Waals surface area contributed by atoms with Crippen molar-refractivity contribution in [3.63, 3.8) is 0 Å². The van der Waals surface area contributed by atoms with E-state index < -0.39 is 0 Å². The number of carbonyl (C=O) groups is 1. The van der Waals surface area contributed by atoms with Crippen LogP contribution in [-0.2, 0) is 0 Å². The van der Waals surface area contributed by atoms with E-state index in [2.05, 4.69) is 22.8 Å². The van der Waals surface area contributed by atoms with Gasteiger partial charge in [0.2, 0.25) is 0 Å². The molecule has 0 radical (unpaired) electrons. The lowest BCUT2D eigenvalue weighted by molar-refractivity contribution is 0.248. The van der Waals surface area contributed by atoms with Crippen LogP contribution in [-0.4, -0.2) is 18.9 Å². The molecule has 0 saturated carbocycles. The molecule has 0 fully saturated rings. The zero-order valence-electron chi connectivity index (χ0n) is 12.3. The monoisotopic (exact) mass is 314 g/mol. The van der Waals surface area contributed by atoms with Gasteiger partial charge in [0.05, 0.1) is 18.8 Å². The summed E-state index contributed by atoms with van der Waals surface area (Å²) < 4.78 is 5.25. The topological polar surface area (TPSA) is 50.4 Å². The molecular formula is C17H18N2O2S. The summed E-state index contributed by atoms with van der Waals surface area (Å²) in [5, 5.41) is 5.91. The molecule has 2 aromatic rings. The van der Waals surface area contributed by atoms with Gasteiger partial charge >= 0.3 is 6.03 Å². The van der Waals surface area contributed by atoms with Crippen LogP contribution in [0.25, 0.3) is 0 Å². The number of rotatable bonds is 3. The first-order valence-corrected chi connectivity index (χ1v) is 8.19. The normalized spacial score (nSPS) is 16.5. The number of ether oxygens (including phenoxy) is 1. The second-order valence-electron chi connectivity index (χ2n) is 5.03. The first kappa shape index (κ1) is 14.8. The highest BCUT2D eigenvalue weighted by molar-refractivity contribution is 7.99. The van der Waals surface area contributed by atoms with E-state index in [9.17, 15) is 4.79 Å². The lowest BCUT2D eigenvalue weighted by atomic mass is 10.0. The molecule has 0 saturated heterocycles. The number of benzene rings is 2. The maximum absolute atomic E-state index is 12.3. The van der Waals surface area contributed by atoms with Gasteiger partial charge in [0, 0.05) is 10.6 Å². The fourth-order valence-corrected chi connectivity index (χ4v) is 3.68. The van der Waals surface area contributed by atoms with Crippen LogP contribution in [0, 0.1) is 0 Å². The zero-order valence-corrected chi connectivity index (χ0v) is 13.2. The average Bonchev–Trinajstić information content (AvgIpc) is 2.55. The molecule has 114 valence electrons. The molecule has 2 aromatic carbocycles. The number of carbonyl (C=O) groups excluding carboxylic acids is 1. The smallest absolute Gasteiger partial charge is 0.319 e. The van der Waals surface area contributed by atoms with E-state index >= 15 is 0 Å². The molecule has 0 aliphatic carbocycles. The van der Waals surface area contributed by atoms with Gasteiger partial charge in [-0.3, -0.25) is 0 Å². The summed E-state index contributed by atoms with van der Waals surface area (Å²) in [5.74, 6) is 1.66. The second-order valence-corrected chi connectivity index (χ2v) is 6.16. The molecule has 1 heterocycles. The molecule has 1 atom stereocenters. The molecule has 3 rings (SSSR count). The lowest BCUT2D eigenvalue weighted by Crippen LogP contribution is -2.34. The van der Waals surface area contributed by atoms with Gasteiger partial charge in [-0.2, -0.15) is 0 Å². The van der Waals surface area contributed by atoms with E-state index in [4.69, 9.17) is 4.74 Å². The van der Waals surface area contributed by atoms with Crippen LogP contribution < -0.4 is 15.4 Å². The van der Waals surface area contributed by atoms with Gasteiger partial charge in [-0.05, 0) is 30.2 Å². The van der Waals surface area contributed by atoms with Gasteiger partial charge in [-0.25, -0.2) is 4.79 Å². The van der Waals surface area contributed by atoms with Crippen LogP contribution in [0.5, 0.6) is 5.75 Å². The van der Waals surface area contributed by atoms with E-state index in [0.717, 1.165) is 12.2 Å². The first-order chi connectivity index (χ1) is 10.8. The highest BCUT2D eigenvalue weighted by atomic mass is 32.2. The molecule has 1 aliphatic rings. The highest BCUT2D eigenvalue weighted by Gasteiger charge is 2.22. The summed E-state index contributed by atoms with van der Waals surface area (Å²) in [6, 6.07) is 15.4. The summed E-state index contributed by atoms with van der Waals surface area (Å²) in [7, 11) is 1.59. The fraction of sp³-hybridized carbons (Fsp3) is 0.235. The van der Waals surface area contributed by atoms with E-state index in [-0.39, 0.29) is 12.1 Å². The van der Waals surface area contributed by atoms with Crippen LogP contribution in [0.15, 0.2) is 53.4 Å². The number of fused-ring (bicyclic) bond motifs is 1. The van der Waals surface area contributed by atoms with Gasteiger partial charge in [0.15, 0.2) is 0 Å². The highest BCUT2D eigenvalue weighted by Crippen LogP contribution is 2.35. The van der Waals surface area contributed by atoms with E-state index in [0.29, 0.717) is 11.4 Å². The largest absolute Gasteiger partial charge is 0.495 e. The van der Waals surface area contributed by atoms with Crippen LogP contribution >= 0.6 is 11.8 Å². The average molecular weight is 314 g/mol. The minimum Gasteiger partial charge on any atom is -0.495 e. The summed E-state index contributed by atoms with van der Waals surface area (Å²) in [6.45, 7) is 0. The third kappa shape index (κ3) is 3.20. The maximum Gasteiger partial charge on any atom is 0.319 e. The molecule has 0 spiro atoms. The summed E-state index contributed by atoms with van der Waals surface area (Å²) in [5.41, 5.74) is 1.86. The quantitative estimate of drug-likeness (QED) is 0.898. The molecule has 4 nitrogen and oxygen atoms in total. The predicted molar refractivity (Wildman–Crippen MR) is 89.7 cm³/mol. The maximum atomic E-state index is 12.3. The van der Waals surface area contributed by atoms with Crippen molar-refractivity contribution in [2.75, 3.05) is 18.2 Å². The van der Waals surface area contributed by atoms with Crippen molar-refractivity contribution < 1.29 is 9.53 Å². The molecule has 2 N–H and O–H groups in total. The predicted octanol–water partition coefficient (Wildman–Crippen LogP) is 4.05. The molecule has 0 bridgehead atoms. The number of para-hydroxylation sites is 2. The number of thioether (sulfide) groups is 1. The molecule has 0 unspecified atom stereocenters. The first-order valence-electron chi connectivity index (χ1n) is 7.20. The summed E-state index contributed by atoms with van der Waals surface area (Å²) in [4.78, 5) is 13.5. The number of anilines is 1. The van der Waals surface area contributed by atoms with Gasteiger partial charge in [-0.15, -0.1) is 11.8 Å². The summed E-state index contributed by atoms with van der Waals surface area (Å²) in [6.07, 6.45) is 0.932. The minimum atomic E-state index is -0.212. The number of hydrogen-bond donors (Lipinski definition) is 2. The van der Waals surface area contributed by atoms with Crippen molar-refractivity contribution in [2.45, 2.75) is 17.4 Å². The van der Waals surface area contributed by atoms with Gasteiger partial charge in [-0.1, -0.05) is 30.3 Å². The van der Waals surface area contributed by atoms with Crippen LogP contribution in [0.4, 0.5) is 10.5 Å². The SMILES string of the molecule is COc1ccccc1NC(=O)N[C@@H]1CCSc2ccccc21. The van der Waals surface area contributed by atoms with Crippen molar-refractivity contribution in [1.82, 2.24) is 5.32 Å². The van der Waals surface area contributed by atoms with Crippen molar-refractivity contribution in [3.8, 4) is 5.75 Å². The Hall–Kier alpha value is -2.14. The van der Waals surface area contributed by atoms with E-state index in [1.807, 2.05) is 48.2 Å².